The summed E-state index contributed by atoms with van der Waals surface area (Å²) in [6.45, 7) is 11.4. The highest BCUT2D eigenvalue weighted by Crippen LogP contribution is 2.33. The molecule has 2 nitrogen and oxygen atoms in total. The number of benzene rings is 1. The van der Waals surface area contributed by atoms with Crippen LogP contribution in [-0.4, -0.2) is 10.8 Å². The van der Waals surface area contributed by atoms with Crippen LogP contribution in [0, 0.1) is 19.8 Å². The summed E-state index contributed by atoms with van der Waals surface area (Å²) in [5.41, 5.74) is 1.61. The van der Waals surface area contributed by atoms with Gasteiger partial charge in [-0.05, 0) is 60.6 Å². The minimum Gasteiger partial charge on any atom is -0.293 e. The molecule has 30 heavy (non-hydrogen) atoms. The van der Waals surface area contributed by atoms with Crippen molar-refractivity contribution < 1.29 is 18.0 Å². The van der Waals surface area contributed by atoms with Crippen LogP contribution >= 0.6 is 11.6 Å². The van der Waals surface area contributed by atoms with Crippen molar-refractivity contribution in [3.05, 3.63) is 63.4 Å². The lowest BCUT2D eigenvalue weighted by Crippen LogP contribution is -2.11. The molecule has 166 valence electrons. The first kappa shape index (κ1) is 26.2. The summed E-state index contributed by atoms with van der Waals surface area (Å²) < 4.78 is 37.1. The molecule has 1 heterocycles. The molecule has 0 saturated carbocycles. The van der Waals surface area contributed by atoms with Crippen LogP contribution in [0.4, 0.5) is 13.2 Å². The molecule has 1 aromatic heterocycles. The quantitative estimate of drug-likeness (QED) is 0.423. The van der Waals surface area contributed by atoms with Gasteiger partial charge in [0.1, 0.15) is 5.69 Å². The van der Waals surface area contributed by atoms with E-state index in [1.165, 1.54) is 44.2 Å². The summed E-state index contributed by atoms with van der Waals surface area (Å²) in [6.07, 6.45) is 0.385. The number of ketones is 1. The number of hydrogen-bond donors (Lipinski definition) is 0. The first-order chi connectivity index (χ1) is 13.9. The number of halogens is 4. The normalized spacial score (nSPS) is 13.3. The maximum atomic E-state index is 12.4. The Morgan fingerprint density at radius 1 is 1.17 bits per heavy atom. The molecule has 0 aliphatic carbocycles. The van der Waals surface area contributed by atoms with E-state index in [2.05, 4.69) is 44.8 Å². The number of Topliss-reactive ketones (excluding diaryl/α,β-unsaturated/α-hetero) is 1. The number of carbonyl (C=O) groups excluding carboxylic acids is 1. The highest BCUT2D eigenvalue weighted by Gasteiger charge is 2.33. The molecule has 0 radical (unpaired) electrons. The summed E-state index contributed by atoms with van der Waals surface area (Å²) in [7, 11) is 0. The predicted octanol–water partition coefficient (Wildman–Crippen LogP) is 8.19. The average molecular weight is 442 g/mol. The maximum absolute atomic E-state index is 12.4. The molecule has 0 fully saturated rings. The van der Waals surface area contributed by atoms with Gasteiger partial charge in [0.25, 0.3) is 0 Å². The van der Waals surface area contributed by atoms with Crippen molar-refractivity contribution in [2.75, 3.05) is 0 Å². The van der Waals surface area contributed by atoms with E-state index in [0.29, 0.717) is 5.92 Å². The number of hydrogen-bond acceptors (Lipinski definition) is 2. The number of aromatic nitrogens is 1. The lowest BCUT2D eigenvalue weighted by atomic mass is 9.82. The second kappa shape index (κ2) is 11.5. The zero-order valence-corrected chi connectivity index (χ0v) is 19.3. The van der Waals surface area contributed by atoms with Crippen molar-refractivity contribution in [2.45, 2.75) is 72.9 Å². The van der Waals surface area contributed by atoms with Crippen molar-refractivity contribution in [2.24, 2.45) is 5.92 Å². The van der Waals surface area contributed by atoms with Gasteiger partial charge in [-0.3, -0.25) is 9.78 Å². The zero-order chi connectivity index (χ0) is 23.1. The van der Waals surface area contributed by atoms with Gasteiger partial charge in [-0.25, -0.2) is 0 Å². The third-order valence-electron chi connectivity index (χ3n) is 5.32. The fourth-order valence-corrected chi connectivity index (χ4v) is 3.97. The Morgan fingerprint density at radius 3 is 2.27 bits per heavy atom. The molecule has 1 aromatic carbocycles. The fourth-order valence-electron chi connectivity index (χ4n) is 3.68. The highest BCUT2D eigenvalue weighted by molar-refractivity contribution is 6.30. The van der Waals surface area contributed by atoms with E-state index in [-0.39, 0.29) is 11.3 Å². The molecule has 0 aliphatic heterocycles. The molecule has 6 heteroatoms. The van der Waals surface area contributed by atoms with Gasteiger partial charge in [-0.15, -0.1) is 0 Å². The molecule has 0 spiro atoms. The molecule has 0 aliphatic rings. The van der Waals surface area contributed by atoms with Crippen LogP contribution in [-0.2, 0) is 6.18 Å². The smallest absolute Gasteiger partial charge is 0.293 e. The standard InChI is InChI=1S/C15H23Cl.C9H8F3NO/c1-5-7-13(6-2)12(4)14-8-11(3)9-15(16)10-14;1-5-7(9(10,11)12)3-4-13-8(5)6(2)14/h8-10,12-13H,5-7H2,1-4H3;3-4H,1-2H3. The van der Waals surface area contributed by atoms with Gasteiger partial charge in [0, 0.05) is 18.1 Å². The number of rotatable bonds is 6. The van der Waals surface area contributed by atoms with Gasteiger partial charge in [0.2, 0.25) is 0 Å². The Balaban J connectivity index is 0.000000303. The molecule has 2 atom stereocenters. The number of nitrogens with zero attached hydrogens (tertiary/aromatic N) is 1. The second-order valence-electron chi connectivity index (χ2n) is 7.69. The topological polar surface area (TPSA) is 30.0 Å². The molecule has 0 N–H and O–H groups in total. The number of pyridine rings is 1. The fraction of sp³-hybridized carbons (Fsp3) is 0.500. The lowest BCUT2D eigenvalue weighted by Gasteiger charge is -2.23. The number of alkyl halides is 3. The third-order valence-corrected chi connectivity index (χ3v) is 5.54. The Kier molecular flexibility index (Phi) is 10.0. The summed E-state index contributed by atoms with van der Waals surface area (Å²) >= 11 is 6.12. The summed E-state index contributed by atoms with van der Waals surface area (Å²) in [4.78, 5) is 14.5. The molecule has 0 amide bonds. The van der Waals surface area contributed by atoms with Crippen LogP contribution in [0.15, 0.2) is 30.5 Å². The predicted molar refractivity (Wildman–Crippen MR) is 117 cm³/mol. The van der Waals surface area contributed by atoms with E-state index < -0.39 is 17.5 Å². The van der Waals surface area contributed by atoms with Crippen LogP contribution in [0.3, 0.4) is 0 Å². The van der Waals surface area contributed by atoms with Gasteiger partial charge < -0.3 is 0 Å². The summed E-state index contributed by atoms with van der Waals surface area (Å²) in [5, 5.41) is 0.869. The zero-order valence-electron chi connectivity index (χ0n) is 18.5. The molecule has 2 aromatic rings. The molecule has 2 rings (SSSR count). The Hall–Kier alpha value is -1.88. The lowest BCUT2D eigenvalue weighted by molar-refractivity contribution is -0.138. The minimum absolute atomic E-state index is 0.118. The largest absolute Gasteiger partial charge is 0.416 e. The van der Waals surface area contributed by atoms with Crippen molar-refractivity contribution in [3.8, 4) is 0 Å². The maximum Gasteiger partial charge on any atom is 0.416 e. The molecule has 0 bridgehead atoms. The third kappa shape index (κ3) is 7.42. The second-order valence-corrected chi connectivity index (χ2v) is 8.13. The van der Waals surface area contributed by atoms with E-state index in [4.69, 9.17) is 11.6 Å². The van der Waals surface area contributed by atoms with Gasteiger partial charge >= 0.3 is 6.18 Å². The van der Waals surface area contributed by atoms with E-state index >= 15 is 0 Å². The van der Waals surface area contributed by atoms with Gasteiger partial charge in [-0.2, -0.15) is 13.2 Å². The van der Waals surface area contributed by atoms with Crippen LogP contribution < -0.4 is 0 Å². The first-order valence-electron chi connectivity index (χ1n) is 10.2. The number of carbonyl (C=O) groups is 1. The molecular weight excluding hydrogens is 411 g/mol. The monoisotopic (exact) mass is 441 g/mol. The van der Waals surface area contributed by atoms with Gasteiger partial charge in [0.15, 0.2) is 5.78 Å². The molecule has 2 unspecified atom stereocenters. The summed E-state index contributed by atoms with van der Waals surface area (Å²) in [6, 6.07) is 7.28. The van der Waals surface area contributed by atoms with Crippen molar-refractivity contribution in [1.29, 1.82) is 0 Å². The first-order valence-corrected chi connectivity index (χ1v) is 10.6. The SMILES string of the molecule is CC(=O)c1nccc(C(F)(F)F)c1C.CCCC(CC)C(C)c1cc(C)cc(Cl)c1. The van der Waals surface area contributed by atoms with E-state index in [9.17, 15) is 18.0 Å². The molecule has 0 saturated heterocycles. The van der Waals surface area contributed by atoms with Crippen molar-refractivity contribution >= 4 is 17.4 Å². The number of aryl methyl sites for hydroxylation is 1. The Morgan fingerprint density at radius 2 is 1.80 bits per heavy atom. The van der Waals surface area contributed by atoms with Crippen LogP contribution in [0.2, 0.25) is 5.02 Å². The van der Waals surface area contributed by atoms with Crippen LogP contribution in [0.25, 0.3) is 0 Å². The van der Waals surface area contributed by atoms with E-state index in [1.54, 1.807) is 0 Å². The van der Waals surface area contributed by atoms with Gasteiger partial charge in [0.05, 0.1) is 5.56 Å². The Bertz CT molecular complexity index is 829. The van der Waals surface area contributed by atoms with Crippen molar-refractivity contribution in [1.82, 2.24) is 4.98 Å². The minimum atomic E-state index is -4.43. The van der Waals surface area contributed by atoms with E-state index in [1.807, 2.05) is 6.07 Å². The van der Waals surface area contributed by atoms with Gasteiger partial charge in [-0.1, -0.05) is 57.7 Å². The average Bonchev–Trinajstić information content (AvgIpc) is 2.64. The summed E-state index contributed by atoms with van der Waals surface area (Å²) in [5.74, 6) is 0.929. The van der Waals surface area contributed by atoms with Crippen LogP contribution in [0.1, 0.15) is 85.6 Å². The van der Waals surface area contributed by atoms with E-state index in [0.717, 1.165) is 23.2 Å². The highest BCUT2D eigenvalue weighted by atomic mass is 35.5. The van der Waals surface area contributed by atoms with Crippen LogP contribution in [0.5, 0.6) is 0 Å². The molecular formula is C24H31ClF3NO. The Labute approximate surface area is 182 Å². The van der Waals surface area contributed by atoms with Crippen molar-refractivity contribution in [3.63, 3.8) is 0 Å².